The van der Waals surface area contributed by atoms with E-state index in [1.807, 2.05) is 17.2 Å². The van der Waals surface area contributed by atoms with Gasteiger partial charge in [-0.25, -0.2) is 0 Å². The third-order valence-electron chi connectivity index (χ3n) is 5.59. The molecule has 0 unspecified atom stereocenters. The standard InChI is InChI=1S/C19H21N7O/c20-13-3-1-12(2-4-13)17(27)26-10-9-25(11-19(26)6-7-19)16-14-5-8-22-15(14)23-18(21)24-16/h1-5,8H,6-7,9-11,20H2,(H3,21,22,23,24). The molecule has 0 bridgehead atoms. The van der Waals surface area contributed by atoms with E-state index in [0.717, 1.165) is 36.2 Å². The van der Waals surface area contributed by atoms with Crippen LogP contribution in [0.1, 0.15) is 23.2 Å². The summed E-state index contributed by atoms with van der Waals surface area (Å²) in [5.74, 6) is 1.16. The van der Waals surface area contributed by atoms with Gasteiger partial charge in [-0.15, -0.1) is 0 Å². The lowest BCUT2D eigenvalue weighted by molar-refractivity contribution is 0.0624. The number of piperazine rings is 1. The molecule has 5 N–H and O–H groups in total. The number of nitrogens with two attached hydrogens (primary N) is 2. The largest absolute Gasteiger partial charge is 0.399 e. The molecule has 1 saturated heterocycles. The zero-order valence-corrected chi connectivity index (χ0v) is 14.9. The Hall–Kier alpha value is -3.29. The number of hydrogen-bond donors (Lipinski definition) is 3. The number of nitrogen functional groups attached to an aromatic ring is 2. The molecule has 1 aromatic carbocycles. The molecule has 8 heteroatoms. The fourth-order valence-electron chi connectivity index (χ4n) is 4.01. The number of carbonyl (C=O) groups is 1. The Labute approximate surface area is 156 Å². The molecule has 138 valence electrons. The molecule has 5 rings (SSSR count). The molecule has 27 heavy (non-hydrogen) atoms. The minimum absolute atomic E-state index is 0.0705. The molecule has 1 saturated carbocycles. The maximum absolute atomic E-state index is 13.1. The van der Waals surface area contributed by atoms with Gasteiger partial charge in [-0.3, -0.25) is 4.79 Å². The topological polar surface area (TPSA) is 117 Å². The first-order valence-corrected chi connectivity index (χ1v) is 9.09. The van der Waals surface area contributed by atoms with Gasteiger partial charge in [-0.1, -0.05) is 0 Å². The van der Waals surface area contributed by atoms with Crippen molar-refractivity contribution in [3.63, 3.8) is 0 Å². The van der Waals surface area contributed by atoms with Gasteiger partial charge in [0.15, 0.2) is 0 Å². The van der Waals surface area contributed by atoms with Gasteiger partial charge in [0, 0.05) is 37.1 Å². The monoisotopic (exact) mass is 363 g/mol. The molecule has 3 heterocycles. The smallest absolute Gasteiger partial charge is 0.254 e. The van der Waals surface area contributed by atoms with Crippen molar-refractivity contribution < 1.29 is 4.79 Å². The number of carbonyl (C=O) groups excluding carboxylic acids is 1. The van der Waals surface area contributed by atoms with Crippen LogP contribution in [0.5, 0.6) is 0 Å². The predicted molar refractivity (Wildman–Crippen MR) is 104 cm³/mol. The number of H-pyrrole nitrogens is 1. The first-order chi connectivity index (χ1) is 13.1. The Morgan fingerprint density at radius 3 is 2.59 bits per heavy atom. The number of nitrogens with zero attached hydrogens (tertiary/aromatic N) is 4. The lowest BCUT2D eigenvalue weighted by Crippen LogP contribution is -2.57. The summed E-state index contributed by atoms with van der Waals surface area (Å²) < 4.78 is 0. The second-order valence-electron chi connectivity index (χ2n) is 7.37. The van der Waals surface area contributed by atoms with Gasteiger partial charge in [0.1, 0.15) is 11.5 Å². The molecular formula is C19H21N7O. The number of aromatic nitrogens is 3. The van der Waals surface area contributed by atoms with E-state index in [4.69, 9.17) is 11.5 Å². The zero-order valence-electron chi connectivity index (χ0n) is 14.9. The predicted octanol–water partition coefficient (Wildman–Crippen LogP) is 1.62. The van der Waals surface area contributed by atoms with Crippen LogP contribution in [0.4, 0.5) is 17.5 Å². The average Bonchev–Trinajstić information content (AvgIpc) is 3.25. The Morgan fingerprint density at radius 2 is 1.85 bits per heavy atom. The van der Waals surface area contributed by atoms with E-state index in [1.54, 1.807) is 24.3 Å². The molecule has 0 radical (unpaired) electrons. The number of nitrogens with one attached hydrogen (secondary N) is 1. The van der Waals surface area contributed by atoms with Crippen LogP contribution in [0.25, 0.3) is 11.0 Å². The summed E-state index contributed by atoms with van der Waals surface area (Å²) in [5.41, 5.74) is 13.6. The molecule has 1 aliphatic heterocycles. The van der Waals surface area contributed by atoms with E-state index in [0.29, 0.717) is 24.3 Å². The third kappa shape index (κ3) is 2.56. The van der Waals surface area contributed by atoms with Gasteiger partial charge >= 0.3 is 0 Å². The maximum atomic E-state index is 13.1. The van der Waals surface area contributed by atoms with E-state index >= 15 is 0 Å². The maximum Gasteiger partial charge on any atom is 0.254 e. The summed E-state index contributed by atoms with van der Waals surface area (Å²) >= 11 is 0. The molecule has 1 spiro atoms. The SMILES string of the molecule is Nc1ccc(C(=O)N2CCN(c3nc(N)nc4[nH]ccc34)CC23CC3)cc1. The molecule has 1 aliphatic carbocycles. The summed E-state index contributed by atoms with van der Waals surface area (Å²) in [6, 6.07) is 9.11. The summed E-state index contributed by atoms with van der Waals surface area (Å²) in [4.78, 5) is 29.1. The van der Waals surface area contributed by atoms with E-state index in [9.17, 15) is 4.79 Å². The van der Waals surface area contributed by atoms with Crippen LogP contribution in [0.2, 0.25) is 0 Å². The second-order valence-corrected chi connectivity index (χ2v) is 7.37. The van der Waals surface area contributed by atoms with Crippen LogP contribution >= 0.6 is 0 Å². The van der Waals surface area contributed by atoms with Crippen LogP contribution < -0.4 is 16.4 Å². The zero-order chi connectivity index (χ0) is 18.6. The van der Waals surface area contributed by atoms with Crippen molar-refractivity contribution in [2.45, 2.75) is 18.4 Å². The Kier molecular flexibility index (Phi) is 3.30. The van der Waals surface area contributed by atoms with Gasteiger partial charge in [0.05, 0.1) is 10.9 Å². The van der Waals surface area contributed by atoms with E-state index in [2.05, 4.69) is 19.9 Å². The summed E-state index contributed by atoms with van der Waals surface area (Å²) in [6.07, 6.45) is 3.85. The highest BCUT2D eigenvalue weighted by Crippen LogP contribution is 2.46. The normalized spacial score (nSPS) is 18.2. The van der Waals surface area contributed by atoms with Crippen LogP contribution in [-0.4, -0.2) is 50.9 Å². The number of anilines is 3. The van der Waals surface area contributed by atoms with Crippen LogP contribution in [0.15, 0.2) is 36.5 Å². The van der Waals surface area contributed by atoms with Crippen molar-refractivity contribution in [3.8, 4) is 0 Å². The minimum atomic E-state index is -0.126. The van der Waals surface area contributed by atoms with Gasteiger partial charge in [0.2, 0.25) is 5.95 Å². The number of amides is 1. The van der Waals surface area contributed by atoms with Gasteiger partial charge in [-0.05, 0) is 43.2 Å². The average molecular weight is 363 g/mol. The Bertz CT molecular complexity index is 1020. The molecule has 2 aromatic heterocycles. The lowest BCUT2D eigenvalue weighted by Gasteiger charge is -2.43. The third-order valence-corrected chi connectivity index (χ3v) is 5.59. The van der Waals surface area contributed by atoms with Crippen LogP contribution in [0, 0.1) is 0 Å². The molecule has 0 atom stereocenters. The number of hydrogen-bond acceptors (Lipinski definition) is 6. The Balaban J connectivity index is 1.43. The number of rotatable bonds is 2. The van der Waals surface area contributed by atoms with Crippen LogP contribution in [0.3, 0.4) is 0 Å². The van der Waals surface area contributed by atoms with Gasteiger partial charge in [0.25, 0.3) is 5.91 Å². The molecule has 3 aromatic rings. The van der Waals surface area contributed by atoms with Crippen molar-refractivity contribution in [3.05, 3.63) is 42.1 Å². The fraction of sp³-hybridized carbons (Fsp3) is 0.316. The second kappa shape index (κ2) is 5.60. The van der Waals surface area contributed by atoms with E-state index in [-0.39, 0.29) is 17.4 Å². The van der Waals surface area contributed by atoms with Crippen molar-refractivity contribution in [2.24, 2.45) is 0 Å². The van der Waals surface area contributed by atoms with Gasteiger partial charge < -0.3 is 26.3 Å². The first kappa shape index (κ1) is 15.9. The molecule has 2 fully saturated rings. The highest BCUT2D eigenvalue weighted by atomic mass is 16.2. The molecule has 2 aliphatic rings. The summed E-state index contributed by atoms with van der Waals surface area (Å²) in [5, 5.41) is 0.957. The first-order valence-electron chi connectivity index (χ1n) is 9.09. The number of fused-ring (bicyclic) bond motifs is 1. The minimum Gasteiger partial charge on any atom is -0.399 e. The number of benzene rings is 1. The lowest BCUT2D eigenvalue weighted by atomic mass is 10.1. The van der Waals surface area contributed by atoms with Crippen molar-refractivity contribution in [2.75, 3.05) is 36.0 Å². The van der Waals surface area contributed by atoms with Crippen molar-refractivity contribution >= 4 is 34.4 Å². The van der Waals surface area contributed by atoms with Crippen molar-refractivity contribution in [1.82, 2.24) is 19.9 Å². The highest BCUT2D eigenvalue weighted by molar-refractivity contribution is 5.96. The van der Waals surface area contributed by atoms with E-state index in [1.165, 1.54) is 0 Å². The molecule has 8 nitrogen and oxygen atoms in total. The van der Waals surface area contributed by atoms with E-state index < -0.39 is 0 Å². The molecular weight excluding hydrogens is 342 g/mol. The highest BCUT2D eigenvalue weighted by Gasteiger charge is 2.53. The Morgan fingerprint density at radius 1 is 1.07 bits per heavy atom. The molecule has 1 amide bonds. The quantitative estimate of drug-likeness (QED) is 0.596. The summed E-state index contributed by atoms with van der Waals surface area (Å²) in [6.45, 7) is 2.11. The number of aromatic amines is 1. The van der Waals surface area contributed by atoms with Crippen LogP contribution in [-0.2, 0) is 0 Å². The van der Waals surface area contributed by atoms with Gasteiger partial charge in [-0.2, -0.15) is 9.97 Å². The fourth-order valence-corrected chi connectivity index (χ4v) is 4.01. The van der Waals surface area contributed by atoms with Crippen molar-refractivity contribution in [1.29, 1.82) is 0 Å². The summed E-state index contributed by atoms with van der Waals surface area (Å²) in [7, 11) is 0.